The molecule has 0 radical (unpaired) electrons. The van der Waals surface area contributed by atoms with Gasteiger partial charge in [-0.2, -0.15) is 0 Å². The summed E-state index contributed by atoms with van der Waals surface area (Å²) in [6.07, 6.45) is 0. The number of nitrogens with zero attached hydrogens (tertiary/aromatic N) is 5. The van der Waals surface area contributed by atoms with Crippen molar-refractivity contribution in [2.45, 2.75) is 5.53 Å². The third-order valence-electron chi connectivity index (χ3n) is 3.11. The molecule has 2 rings (SSSR count). The molecule has 1 aliphatic rings. The normalized spacial score (nSPS) is 22.6. The van der Waals surface area contributed by atoms with Gasteiger partial charge in [0.1, 0.15) is 0 Å². The van der Waals surface area contributed by atoms with E-state index in [0.29, 0.717) is 5.84 Å². The maximum Gasteiger partial charge on any atom is 0.304 e. The Morgan fingerprint density at radius 2 is 1.65 bits per heavy atom. The zero-order chi connectivity index (χ0) is 15.0. The number of hydrogen-bond acceptors (Lipinski definition) is 5. The lowest BCUT2D eigenvalue weighted by Gasteiger charge is -2.36. The Morgan fingerprint density at radius 1 is 1.10 bits per heavy atom. The van der Waals surface area contributed by atoms with Crippen molar-refractivity contribution >= 4 is 13.3 Å². The van der Waals surface area contributed by atoms with Gasteiger partial charge < -0.3 is 0 Å². The van der Waals surface area contributed by atoms with Crippen LogP contribution < -0.4 is 5.73 Å². The first kappa shape index (κ1) is 15.0. The second-order valence-corrected chi connectivity index (χ2v) is 8.27. The Morgan fingerprint density at radius 3 is 2.15 bits per heavy atom. The molecule has 108 valence electrons. The maximum absolute atomic E-state index is 13.2. The van der Waals surface area contributed by atoms with Gasteiger partial charge in [-0.05, 0) is 28.2 Å². The van der Waals surface area contributed by atoms with Gasteiger partial charge in [-0.3, -0.25) is 10.3 Å². The molecule has 2 N–H and O–H groups in total. The highest BCUT2D eigenvalue weighted by atomic mass is 31.2. The van der Waals surface area contributed by atoms with E-state index in [2.05, 4.69) is 15.2 Å². The molecule has 20 heavy (non-hydrogen) atoms. The van der Waals surface area contributed by atoms with Crippen LogP contribution in [0.3, 0.4) is 0 Å². The summed E-state index contributed by atoms with van der Waals surface area (Å²) in [4.78, 5) is 4.32. The van der Waals surface area contributed by atoms with Crippen LogP contribution in [0.1, 0.15) is 5.56 Å². The molecule has 0 aromatic heterocycles. The molecule has 1 heterocycles. The summed E-state index contributed by atoms with van der Waals surface area (Å²) in [5.41, 5.74) is 5.39. The minimum absolute atomic E-state index is 0.400. The van der Waals surface area contributed by atoms with E-state index in [1.807, 2.05) is 30.3 Å². The lowest BCUT2D eigenvalue weighted by atomic mass is 10.2. The fourth-order valence-electron chi connectivity index (χ4n) is 2.10. The minimum atomic E-state index is -3.18. The van der Waals surface area contributed by atoms with Gasteiger partial charge in [0.2, 0.25) is 0 Å². The summed E-state index contributed by atoms with van der Waals surface area (Å²) in [5.74, 6) is 0.400. The SMILES string of the molecule is CN(C)P(=O)(N(C)C)C1(N)N=NC(c2ccccc2)=N1. The molecular weight excluding hydrogens is 275 g/mol. The van der Waals surface area contributed by atoms with Crippen LogP contribution in [0.5, 0.6) is 0 Å². The summed E-state index contributed by atoms with van der Waals surface area (Å²) in [6.45, 7) is 0. The first-order valence-electron chi connectivity index (χ1n) is 6.14. The average Bonchev–Trinajstić information content (AvgIpc) is 2.82. The van der Waals surface area contributed by atoms with Gasteiger partial charge in [0.25, 0.3) is 7.44 Å². The van der Waals surface area contributed by atoms with Crippen LogP contribution in [0.2, 0.25) is 0 Å². The number of aliphatic imine (C=N–C) groups is 1. The second kappa shape index (κ2) is 5.18. The molecule has 7 nitrogen and oxygen atoms in total. The predicted octanol–water partition coefficient (Wildman–Crippen LogP) is 1.79. The molecule has 1 atom stereocenters. The number of rotatable bonds is 4. The van der Waals surface area contributed by atoms with Crippen LogP contribution in [-0.2, 0) is 4.57 Å². The van der Waals surface area contributed by atoms with Gasteiger partial charge in [-0.15, -0.1) is 10.2 Å². The first-order valence-corrected chi connectivity index (χ1v) is 7.75. The van der Waals surface area contributed by atoms with E-state index in [4.69, 9.17) is 5.73 Å². The van der Waals surface area contributed by atoms with Crippen LogP contribution >= 0.6 is 7.44 Å². The molecule has 0 saturated carbocycles. The van der Waals surface area contributed by atoms with Crippen LogP contribution in [0.4, 0.5) is 0 Å². The number of azo groups is 1. The minimum Gasteiger partial charge on any atom is -0.282 e. The zero-order valence-electron chi connectivity index (χ0n) is 12.1. The Labute approximate surface area is 118 Å². The summed E-state index contributed by atoms with van der Waals surface area (Å²) in [5, 5.41) is 8.01. The largest absolute Gasteiger partial charge is 0.304 e. The summed E-state index contributed by atoms with van der Waals surface area (Å²) in [7, 11) is 3.60. The molecule has 1 aliphatic heterocycles. The lowest BCUT2D eigenvalue weighted by Crippen LogP contribution is -2.43. The van der Waals surface area contributed by atoms with Crippen molar-refractivity contribution < 1.29 is 4.57 Å². The molecule has 1 aromatic carbocycles. The third-order valence-corrected chi connectivity index (χ3v) is 6.32. The standard InChI is InChI=1S/C12H19N6OP/c1-17(2)20(19,18(3)4)12(13)14-11(15-16-12)10-8-6-5-7-9-10/h5-9H,13H2,1-4H3. The fraction of sp³-hybridized carbons (Fsp3) is 0.417. The Bertz CT molecular complexity index is 585. The molecule has 1 unspecified atom stereocenters. The van der Waals surface area contributed by atoms with Crippen molar-refractivity contribution in [3.8, 4) is 0 Å². The molecule has 1 aromatic rings. The van der Waals surface area contributed by atoms with Gasteiger partial charge >= 0.3 is 5.53 Å². The lowest BCUT2D eigenvalue weighted by molar-refractivity contribution is 0.402. The molecule has 0 aliphatic carbocycles. The van der Waals surface area contributed by atoms with Gasteiger partial charge in [0, 0.05) is 5.56 Å². The average molecular weight is 294 g/mol. The van der Waals surface area contributed by atoms with E-state index in [1.54, 1.807) is 37.5 Å². The molecule has 0 amide bonds. The van der Waals surface area contributed by atoms with E-state index in [0.717, 1.165) is 5.56 Å². The summed E-state index contributed by atoms with van der Waals surface area (Å²) in [6, 6.07) is 9.37. The molecule has 8 heteroatoms. The molecule has 0 fully saturated rings. The monoisotopic (exact) mass is 294 g/mol. The second-order valence-electron chi connectivity index (χ2n) is 4.93. The van der Waals surface area contributed by atoms with Crippen LogP contribution in [0.25, 0.3) is 0 Å². The van der Waals surface area contributed by atoms with Crippen molar-refractivity contribution in [3.05, 3.63) is 35.9 Å². The van der Waals surface area contributed by atoms with Crippen LogP contribution in [0, 0.1) is 0 Å². The Hall–Kier alpha value is -1.40. The van der Waals surface area contributed by atoms with Gasteiger partial charge in [0.15, 0.2) is 5.84 Å². The van der Waals surface area contributed by atoms with Gasteiger partial charge in [-0.1, -0.05) is 30.3 Å². The summed E-state index contributed by atoms with van der Waals surface area (Å²) >= 11 is 0. The van der Waals surface area contributed by atoms with E-state index in [1.165, 1.54) is 0 Å². The Balaban J connectivity index is 2.47. The molecule has 0 bridgehead atoms. The molecular formula is C12H19N6OP. The molecule has 0 saturated heterocycles. The predicted molar refractivity (Wildman–Crippen MR) is 79.7 cm³/mol. The van der Waals surface area contributed by atoms with E-state index < -0.39 is 13.0 Å². The number of nitrogens with two attached hydrogens (primary N) is 1. The van der Waals surface area contributed by atoms with Crippen molar-refractivity contribution in [2.24, 2.45) is 21.0 Å². The van der Waals surface area contributed by atoms with Crippen molar-refractivity contribution in [1.29, 1.82) is 0 Å². The smallest absolute Gasteiger partial charge is 0.282 e. The third kappa shape index (κ3) is 2.23. The van der Waals surface area contributed by atoms with Crippen LogP contribution in [0.15, 0.2) is 45.6 Å². The molecule has 0 spiro atoms. The first-order chi connectivity index (χ1) is 9.31. The van der Waals surface area contributed by atoms with Crippen molar-refractivity contribution in [1.82, 2.24) is 9.34 Å². The fourth-order valence-corrected chi connectivity index (χ4v) is 4.38. The number of benzene rings is 1. The van der Waals surface area contributed by atoms with Crippen molar-refractivity contribution in [2.75, 3.05) is 28.2 Å². The number of hydrogen-bond donors (Lipinski definition) is 1. The Kier molecular flexibility index (Phi) is 3.88. The topological polar surface area (TPSA) is 86.7 Å². The highest BCUT2D eigenvalue weighted by Crippen LogP contribution is 2.60. The quantitative estimate of drug-likeness (QED) is 0.858. The van der Waals surface area contributed by atoms with Gasteiger partial charge in [0.05, 0.1) is 0 Å². The summed E-state index contributed by atoms with van der Waals surface area (Å²) < 4.78 is 16.3. The number of amidine groups is 1. The highest BCUT2D eigenvalue weighted by Gasteiger charge is 2.52. The van der Waals surface area contributed by atoms with E-state index >= 15 is 0 Å². The maximum atomic E-state index is 13.2. The van der Waals surface area contributed by atoms with E-state index in [9.17, 15) is 4.57 Å². The van der Waals surface area contributed by atoms with Crippen LogP contribution in [-0.4, -0.2) is 48.9 Å². The zero-order valence-corrected chi connectivity index (χ0v) is 13.0. The van der Waals surface area contributed by atoms with E-state index in [-0.39, 0.29) is 0 Å². The highest BCUT2D eigenvalue weighted by molar-refractivity contribution is 7.60. The van der Waals surface area contributed by atoms with Gasteiger partial charge in [-0.25, -0.2) is 14.3 Å². The van der Waals surface area contributed by atoms with Crippen molar-refractivity contribution in [3.63, 3.8) is 0 Å².